The third kappa shape index (κ3) is 3.16. The number of pyridine rings is 1. The van der Waals surface area contributed by atoms with Crippen molar-refractivity contribution >= 4 is 28.8 Å². The molecule has 1 aromatic heterocycles. The Morgan fingerprint density at radius 1 is 1.20 bits per heavy atom. The number of thioether (sulfide) groups is 1. The fraction of sp³-hybridized carbons (Fsp3) is 0.154. The van der Waals surface area contributed by atoms with Gasteiger partial charge in [-0.1, -0.05) is 12.1 Å². The van der Waals surface area contributed by atoms with Crippen molar-refractivity contribution in [2.45, 2.75) is 11.1 Å². The van der Waals surface area contributed by atoms with E-state index in [1.54, 1.807) is 12.1 Å². The van der Waals surface area contributed by atoms with Gasteiger partial charge in [-0.25, -0.2) is 4.98 Å². The van der Waals surface area contributed by atoms with E-state index in [1.165, 1.54) is 11.8 Å². The molecule has 0 aliphatic rings. The van der Waals surface area contributed by atoms with Crippen molar-refractivity contribution in [2.75, 3.05) is 17.3 Å². The minimum atomic E-state index is -4.50. The summed E-state index contributed by atoms with van der Waals surface area (Å²) < 4.78 is 37.9. The van der Waals surface area contributed by atoms with Crippen LogP contribution < -0.4 is 11.1 Å². The van der Waals surface area contributed by atoms with Crippen LogP contribution in [0.25, 0.3) is 0 Å². The molecule has 0 saturated carbocycles. The van der Waals surface area contributed by atoms with Gasteiger partial charge in [0.15, 0.2) is 0 Å². The Labute approximate surface area is 118 Å². The first-order valence-corrected chi connectivity index (χ1v) is 6.87. The maximum Gasteiger partial charge on any atom is 0.433 e. The topological polar surface area (TPSA) is 50.9 Å². The number of aromatic nitrogens is 1. The molecule has 0 aliphatic carbocycles. The molecule has 0 atom stereocenters. The summed E-state index contributed by atoms with van der Waals surface area (Å²) in [7, 11) is 0. The molecule has 20 heavy (non-hydrogen) atoms. The van der Waals surface area contributed by atoms with Gasteiger partial charge in [0.2, 0.25) is 0 Å². The molecule has 3 nitrogen and oxygen atoms in total. The van der Waals surface area contributed by atoms with Crippen molar-refractivity contribution < 1.29 is 13.2 Å². The molecule has 1 aromatic carbocycles. The van der Waals surface area contributed by atoms with E-state index in [1.807, 2.05) is 18.4 Å². The predicted molar refractivity (Wildman–Crippen MR) is 75.2 cm³/mol. The van der Waals surface area contributed by atoms with Gasteiger partial charge in [-0.2, -0.15) is 13.2 Å². The minimum absolute atomic E-state index is 0.161. The van der Waals surface area contributed by atoms with Crippen LogP contribution in [0.15, 0.2) is 41.4 Å². The zero-order valence-corrected chi connectivity index (χ0v) is 11.3. The number of nitrogens with zero attached hydrogens (tertiary/aromatic N) is 1. The fourth-order valence-electron chi connectivity index (χ4n) is 1.62. The lowest BCUT2D eigenvalue weighted by Crippen LogP contribution is -2.09. The van der Waals surface area contributed by atoms with Crippen LogP contribution in [-0.2, 0) is 6.18 Å². The number of rotatable bonds is 3. The first-order chi connectivity index (χ1) is 9.41. The van der Waals surface area contributed by atoms with Crippen LogP contribution in [0.4, 0.5) is 30.2 Å². The molecule has 0 aliphatic heterocycles. The molecule has 0 saturated heterocycles. The summed E-state index contributed by atoms with van der Waals surface area (Å²) in [6, 6.07) is 8.21. The van der Waals surface area contributed by atoms with Gasteiger partial charge in [0.1, 0.15) is 5.69 Å². The highest BCUT2D eigenvalue weighted by molar-refractivity contribution is 7.98. The van der Waals surface area contributed by atoms with Gasteiger partial charge < -0.3 is 11.1 Å². The van der Waals surface area contributed by atoms with E-state index in [2.05, 4.69) is 10.3 Å². The zero-order chi connectivity index (χ0) is 14.8. The van der Waals surface area contributed by atoms with Gasteiger partial charge in [0, 0.05) is 4.90 Å². The summed E-state index contributed by atoms with van der Waals surface area (Å²) in [6.45, 7) is 0. The zero-order valence-electron chi connectivity index (χ0n) is 10.5. The smallest absolute Gasteiger partial charge is 0.396 e. The third-order valence-electron chi connectivity index (χ3n) is 2.60. The van der Waals surface area contributed by atoms with Gasteiger partial charge in [0.05, 0.1) is 23.3 Å². The van der Waals surface area contributed by atoms with Gasteiger partial charge in [-0.15, -0.1) is 11.8 Å². The molecule has 0 unspecified atom stereocenters. The molecule has 0 radical (unpaired) electrons. The van der Waals surface area contributed by atoms with Crippen LogP contribution in [0.3, 0.4) is 0 Å². The quantitative estimate of drug-likeness (QED) is 0.836. The van der Waals surface area contributed by atoms with E-state index < -0.39 is 11.9 Å². The van der Waals surface area contributed by atoms with Crippen LogP contribution >= 0.6 is 11.8 Å². The van der Waals surface area contributed by atoms with E-state index in [-0.39, 0.29) is 11.4 Å². The van der Waals surface area contributed by atoms with Crippen molar-refractivity contribution in [1.29, 1.82) is 0 Å². The second kappa shape index (κ2) is 5.62. The van der Waals surface area contributed by atoms with Gasteiger partial charge in [-0.3, -0.25) is 0 Å². The Morgan fingerprint density at radius 3 is 2.55 bits per heavy atom. The Morgan fingerprint density at radius 2 is 1.90 bits per heavy atom. The van der Waals surface area contributed by atoms with Crippen molar-refractivity contribution in [2.24, 2.45) is 0 Å². The summed E-state index contributed by atoms with van der Waals surface area (Å²) in [6.07, 6.45) is -1.60. The minimum Gasteiger partial charge on any atom is -0.396 e. The Bertz CT molecular complexity index is 614. The van der Waals surface area contributed by atoms with Crippen LogP contribution in [0, 0.1) is 0 Å². The van der Waals surface area contributed by atoms with Crippen molar-refractivity contribution in [3.05, 3.63) is 42.2 Å². The number of nitrogen functional groups attached to an aromatic ring is 1. The highest BCUT2D eigenvalue weighted by atomic mass is 32.2. The van der Waals surface area contributed by atoms with Crippen molar-refractivity contribution in [3.63, 3.8) is 0 Å². The Balaban J connectivity index is 2.38. The summed E-state index contributed by atoms with van der Waals surface area (Å²) in [4.78, 5) is 4.21. The fourth-order valence-corrected chi connectivity index (χ4v) is 2.18. The summed E-state index contributed by atoms with van der Waals surface area (Å²) in [5, 5.41) is 2.92. The normalized spacial score (nSPS) is 11.4. The molecule has 0 spiro atoms. The lowest BCUT2D eigenvalue weighted by atomic mass is 10.2. The number of anilines is 3. The molecule has 1 heterocycles. The third-order valence-corrected chi connectivity index (χ3v) is 3.40. The summed E-state index contributed by atoms with van der Waals surface area (Å²) >= 11 is 1.49. The molecule has 0 bridgehead atoms. The molecule has 2 rings (SSSR count). The molecule has 2 aromatic rings. The predicted octanol–water partition coefficient (Wildman–Crippen LogP) is 4.15. The molecule has 3 N–H and O–H groups in total. The highest BCUT2D eigenvalue weighted by Crippen LogP contribution is 2.34. The maximum atomic E-state index is 12.6. The number of benzene rings is 1. The SMILES string of the molecule is CSc1ccccc1Nc1cc(C(F)(F)F)ncc1N. The second-order valence-corrected chi connectivity index (χ2v) is 4.83. The molecular formula is C13H12F3N3S. The Hall–Kier alpha value is -1.89. The summed E-state index contributed by atoms with van der Waals surface area (Å²) in [5.41, 5.74) is 5.75. The average Bonchev–Trinajstić information content (AvgIpc) is 2.40. The molecule has 0 fully saturated rings. The molecule has 106 valence electrons. The standard InChI is InChI=1S/C13H12F3N3S/c1-20-11-5-3-2-4-9(11)19-10-6-12(13(14,15)16)18-7-8(10)17/h2-7H,17H2,1H3,(H,18,19). The van der Waals surface area contributed by atoms with E-state index >= 15 is 0 Å². The van der Waals surface area contributed by atoms with E-state index in [0.717, 1.165) is 17.2 Å². The molecule has 0 amide bonds. The van der Waals surface area contributed by atoms with Crippen LogP contribution in [0.1, 0.15) is 5.69 Å². The number of hydrogen-bond donors (Lipinski definition) is 2. The van der Waals surface area contributed by atoms with Crippen LogP contribution in [0.2, 0.25) is 0 Å². The summed E-state index contributed by atoms with van der Waals surface area (Å²) in [5.74, 6) is 0. The lowest BCUT2D eigenvalue weighted by Gasteiger charge is -2.14. The number of para-hydroxylation sites is 1. The molecule has 7 heteroatoms. The number of nitrogens with one attached hydrogen (secondary N) is 1. The number of nitrogens with two attached hydrogens (primary N) is 1. The van der Waals surface area contributed by atoms with Gasteiger partial charge in [0.25, 0.3) is 0 Å². The van der Waals surface area contributed by atoms with Gasteiger partial charge in [-0.05, 0) is 24.5 Å². The van der Waals surface area contributed by atoms with Crippen molar-refractivity contribution in [3.8, 4) is 0 Å². The van der Waals surface area contributed by atoms with Gasteiger partial charge >= 0.3 is 6.18 Å². The lowest BCUT2D eigenvalue weighted by molar-refractivity contribution is -0.141. The monoisotopic (exact) mass is 299 g/mol. The molecular weight excluding hydrogens is 287 g/mol. The van der Waals surface area contributed by atoms with Crippen LogP contribution in [0.5, 0.6) is 0 Å². The highest BCUT2D eigenvalue weighted by Gasteiger charge is 2.33. The number of halogens is 3. The van der Waals surface area contributed by atoms with Crippen LogP contribution in [-0.4, -0.2) is 11.2 Å². The van der Waals surface area contributed by atoms with Crippen molar-refractivity contribution in [1.82, 2.24) is 4.98 Å². The van der Waals surface area contributed by atoms with E-state index in [9.17, 15) is 13.2 Å². The van der Waals surface area contributed by atoms with E-state index in [4.69, 9.17) is 5.73 Å². The average molecular weight is 299 g/mol. The van der Waals surface area contributed by atoms with E-state index in [0.29, 0.717) is 5.69 Å². The number of hydrogen-bond acceptors (Lipinski definition) is 4. The largest absolute Gasteiger partial charge is 0.433 e. The first-order valence-electron chi connectivity index (χ1n) is 5.64. The Kier molecular flexibility index (Phi) is 4.08. The first kappa shape index (κ1) is 14.5. The maximum absolute atomic E-state index is 12.6. The second-order valence-electron chi connectivity index (χ2n) is 3.98. The number of alkyl halides is 3.